The minimum atomic E-state index is -0.544. The van der Waals surface area contributed by atoms with Crippen molar-refractivity contribution >= 4 is 11.9 Å². The smallest absolute Gasteiger partial charge is 0.328 e. The van der Waals surface area contributed by atoms with Crippen LogP contribution >= 0.6 is 0 Å². The summed E-state index contributed by atoms with van der Waals surface area (Å²) in [4.78, 5) is 21.8. The van der Waals surface area contributed by atoms with E-state index < -0.39 is 6.04 Å². The molecule has 0 spiro atoms. The van der Waals surface area contributed by atoms with Gasteiger partial charge in [0.1, 0.15) is 6.04 Å². The predicted octanol–water partition coefficient (Wildman–Crippen LogP) is 0.464. The summed E-state index contributed by atoms with van der Waals surface area (Å²) in [7, 11) is 0. The van der Waals surface area contributed by atoms with Crippen LogP contribution in [-0.4, -0.2) is 24.5 Å². The number of carbonyl (C=O) groups is 2. The third kappa shape index (κ3) is 3.95. The zero-order valence-corrected chi connectivity index (χ0v) is 7.72. The summed E-state index contributed by atoms with van der Waals surface area (Å²) >= 11 is 0. The van der Waals surface area contributed by atoms with Crippen molar-refractivity contribution in [2.75, 3.05) is 6.61 Å². The molecule has 0 aliphatic heterocycles. The van der Waals surface area contributed by atoms with E-state index in [1.54, 1.807) is 20.8 Å². The Bertz CT molecular complexity index is 168. The van der Waals surface area contributed by atoms with E-state index in [2.05, 4.69) is 5.32 Å². The Morgan fingerprint density at radius 2 is 2.00 bits per heavy atom. The maximum Gasteiger partial charge on any atom is 0.328 e. The fraction of sp³-hybridized carbons (Fsp3) is 0.750. The first-order valence-corrected chi connectivity index (χ1v) is 4.07. The Labute approximate surface area is 72.3 Å². The van der Waals surface area contributed by atoms with Crippen molar-refractivity contribution in [3.8, 4) is 0 Å². The predicted molar refractivity (Wildman–Crippen MR) is 44.5 cm³/mol. The van der Waals surface area contributed by atoms with E-state index >= 15 is 0 Å². The molecule has 0 rings (SSSR count). The number of nitrogens with one attached hydrogen (secondary N) is 1. The molecule has 0 aromatic carbocycles. The van der Waals surface area contributed by atoms with Crippen LogP contribution in [0.5, 0.6) is 0 Å². The average molecular weight is 173 g/mol. The van der Waals surface area contributed by atoms with Crippen LogP contribution < -0.4 is 5.32 Å². The van der Waals surface area contributed by atoms with Crippen molar-refractivity contribution in [2.24, 2.45) is 0 Å². The summed E-state index contributed by atoms with van der Waals surface area (Å²) in [6.07, 6.45) is 0.379. The minimum absolute atomic E-state index is 0.143. The van der Waals surface area contributed by atoms with Crippen LogP contribution in [0.1, 0.15) is 27.2 Å². The van der Waals surface area contributed by atoms with Gasteiger partial charge in [-0.25, -0.2) is 4.79 Å². The van der Waals surface area contributed by atoms with Gasteiger partial charge in [-0.3, -0.25) is 4.79 Å². The lowest BCUT2D eigenvalue weighted by Crippen LogP contribution is -2.39. The lowest BCUT2D eigenvalue weighted by atomic mass is 10.3. The van der Waals surface area contributed by atoms with Crippen molar-refractivity contribution < 1.29 is 14.3 Å². The molecule has 4 nitrogen and oxygen atoms in total. The Kier molecular flexibility index (Phi) is 5.08. The van der Waals surface area contributed by atoms with Gasteiger partial charge in [0.25, 0.3) is 0 Å². The Hall–Kier alpha value is -1.06. The van der Waals surface area contributed by atoms with E-state index in [-0.39, 0.29) is 11.9 Å². The van der Waals surface area contributed by atoms with Gasteiger partial charge in [-0.2, -0.15) is 0 Å². The number of hydrogen-bond donors (Lipinski definition) is 1. The number of carbonyl (C=O) groups excluding carboxylic acids is 2. The summed E-state index contributed by atoms with van der Waals surface area (Å²) in [5, 5.41) is 2.50. The normalized spacial score (nSPS) is 11.9. The van der Waals surface area contributed by atoms with Gasteiger partial charge in [0.2, 0.25) is 5.91 Å². The van der Waals surface area contributed by atoms with Gasteiger partial charge >= 0.3 is 5.97 Å². The quantitative estimate of drug-likeness (QED) is 0.628. The number of ether oxygens (including phenoxy) is 1. The standard InChI is InChI=1S/C8H15NO3/c1-4-7(10)9-6(3)8(11)12-5-2/h6H,4-5H2,1-3H3,(H,9,10)/t6-/m0/s1. The maximum absolute atomic E-state index is 11.0. The molecule has 12 heavy (non-hydrogen) atoms. The summed E-state index contributed by atoms with van der Waals surface area (Å²) in [6.45, 7) is 5.40. The first-order chi connectivity index (χ1) is 5.61. The van der Waals surface area contributed by atoms with E-state index in [1.807, 2.05) is 0 Å². The van der Waals surface area contributed by atoms with Crippen LogP contribution in [0, 0.1) is 0 Å². The molecule has 1 N–H and O–H groups in total. The molecule has 0 radical (unpaired) electrons. The largest absolute Gasteiger partial charge is 0.464 e. The van der Waals surface area contributed by atoms with Gasteiger partial charge in [0, 0.05) is 6.42 Å². The average Bonchev–Trinajstić information content (AvgIpc) is 2.04. The molecule has 0 fully saturated rings. The molecule has 4 heteroatoms. The van der Waals surface area contributed by atoms with E-state index in [1.165, 1.54) is 0 Å². The van der Waals surface area contributed by atoms with Crippen LogP contribution in [0.2, 0.25) is 0 Å². The highest BCUT2D eigenvalue weighted by atomic mass is 16.5. The van der Waals surface area contributed by atoms with Crippen molar-refractivity contribution in [3.05, 3.63) is 0 Å². The van der Waals surface area contributed by atoms with Crippen molar-refractivity contribution in [1.82, 2.24) is 5.32 Å². The van der Waals surface area contributed by atoms with Gasteiger partial charge in [-0.15, -0.1) is 0 Å². The number of hydrogen-bond acceptors (Lipinski definition) is 3. The zero-order valence-electron chi connectivity index (χ0n) is 7.72. The molecule has 0 aliphatic rings. The van der Waals surface area contributed by atoms with Gasteiger partial charge in [0.15, 0.2) is 0 Å². The van der Waals surface area contributed by atoms with Gasteiger partial charge < -0.3 is 10.1 Å². The topological polar surface area (TPSA) is 55.4 Å². The maximum atomic E-state index is 11.0. The first-order valence-electron chi connectivity index (χ1n) is 4.07. The molecule has 0 aromatic heterocycles. The van der Waals surface area contributed by atoms with E-state index in [9.17, 15) is 9.59 Å². The summed E-state index contributed by atoms with van der Waals surface area (Å²) in [5.41, 5.74) is 0. The summed E-state index contributed by atoms with van der Waals surface area (Å²) < 4.78 is 4.70. The molecule has 0 aliphatic carbocycles. The van der Waals surface area contributed by atoms with Crippen LogP contribution in [0.4, 0.5) is 0 Å². The summed E-state index contributed by atoms with van der Waals surface area (Å²) in [6, 6.07) is -0.544. The first kappa shape index (κ1) is 10.9. The fourth-order valence-corrected chi connectivity index (χ4v) is 0.670. The second kappa shape index (κ2) is 5.57. The Morgan fingerprint density at radius 1 is 1.42 bits per heavy atom. The fourth-order valence-electron chi connectivity index (χ4n) is 0.670. The summed E-state index contributed by atoms with van der Waals surface area (Å²) in [5.74, 6) is -0.533. The highest BCUT2D eigenvalue weighted by Gasteiger charge is 2.14. The number of rotatable bonds is 4. The highest BCUT2D eigenvalue weighted by molar-refractivity contribution is 5.83. The molecule has 1 amide bonds. The molecular formula is C8H15NO3. The van der Waals surface area contributed by atoms with E-state index in [0.29, 0.717) is 13.0 Å². The van der Waals surface area contributed by atoms with Crippen molar-refractivity contribution in [2.45, 2.75) is 33.2 Å². The lowest BCUT2D eigenvalue weighted by Gasteiger charge is -2.11. The second-order valence-corrected chi connectivity index (χ2v) is 2.39. The molecule has 0 bridgehead atoms. The Balaban J connectivity index is 3.78. The van der Waals surface area contributed by atoms with Crippen LogP contribution in [0.15, 0.2) is 0 Å². The van der Waals surface area contributed by atoms with E-state index in [0.717, 1.165) is 0 Å². The van der Waals surface area contributed by atoms with E-state index in [4.69, 9.17) is 4.74 Å². The SMILES string of the molecule is CCOC(=O)[C@H](C)NC(=O)CC. The Morgan fingerprint density at radius 3 is 2.42 bits per heavy atom. The number of amides is 1. The molecule has 0 unspecified atom stereocenters. The third-order valence-corrected chi connectivity index (χ3v) is 1.34. The van der Waals surface area contributed by atoms with Crippen LogP contribution in [-0.2, 0) is 14.3 Å². The highest BCUT2D eigenvalue weighted by Crippen LogP contribution is 1.88. The minimum Gasteiger partial charge on any atom is -0.464 e. The van der Waals surface area contributed by atoms with Crippen LogP contribution in [0.3, 0.4) is 0 Å². The second-order valence-electron chi connectivity index (χ2n) is 2.39. The van der Waals surface area contributed by atoms with Gasteiger partial charge in [-0.05, 0) is 13.8 Å². The molecule has 70 valence electrons. The third-order valence-electron chi connectivity index (χ3n) is 1.34. The van der Waals surface area contributed by atoms with Gasteiger partial charge in [-0.1, -0.05) is 6.92 Å². The lowest BCUT2D eigenvalue weighted by molar-refractivity contribution is -0.146. The zero-order chi connectivity index (χ0) is 9.56. The van der Waals surface area contributed by atoms with Crippen LogP contribution in [0.25, 0.3) is 0 Å². The van der Waals surface area contributed by atoms with Crippen molar-refractivity contribution in [1.29, 1.82) is 0 Å². The molecule has 1 atom stereocenters. The van der Waals surface area contributed by atoms with Gasteiger partial charge in [0.05, 0.1) is 6.61 Å². The molecular weight excluding hydrogens is 158 g/mol. The monoisotopic (exact) mass is 173 g/mol. The molecule has 0 heterocycles. The molecule has 0 aromatic rings. The molecule has 0 saturated carbocycles. The van der Waals surface area contributed by atoms with Crippen molar-refractivity contribution in [3.63, 3.8) is 0 Å². The molecule has 0 saturated heterocycles. The number of esters is 1.